The van der Waals surface area contributed by atoms with Crippen LogP contribution >= 0.6 is 15.9 Å². The summed E-state index contributed by atoms with van der Waals surface area (Å²) in [5.74, 6) is 0.304. The number of benzene rings is 2. The van der Waals surface area contributed by atoms with Gasteiger partial charge in [0.15, 0.2) is 6.61 Å². The van der Waals surface area contributed by atoms with Crippen LogP contribution in [-0.2, 0) is 14.8 Å². The Morgan fingerprint density at radius 3 is 2.46 bits per heavy atom. The van der Waals surface area contributed by atoms with Crippen molar-refractivity contribution in [3.05, 3.63) is 52.5 Å². The Morgan fingerprint density at radius 1 is 1.15 bits per heavy atom. The zero-order valence-corrected chi connectivity index (χ0v) is 17.0. The van der Waals surface area contributed by atoms with Gasteiger partial charge in [0.2, 0.25) is 10.0 Å². The van der Waals surface area contributed by atoms with Gasteiger partial charge in [0.25, 0.3) is 5.91 Å². The molecule has 2 aromatic rings. The SMILES string of the molecule is CCCNS(=O)(=O)c1ccc(NC(=O)COc2ccc(Br)cc2C)cc1. The average molecular weight is 441 g/mol. The van der Waals surface area contributed by atoms with Crippen molar-refractivity contribution in [2.24, 2.45) is 0 Å². The number of hydrogen-bond donors (Lipinski definition) is 2. The number of ether oxygens (including phenoxy) is 1. The summed E-state index contributed by atoms with van der Waals surface area (Å²) < 4.78 is 33.0. The zero-order valence-electron chi connectivity index (χ0n) is 14.6. The molecule has 2 N–H and O–H groups in total. The maximum Gasteiger partial charge on any atom is 0.262 e. The second kappa shape index (κ2) is 9.16. The lowest BCUT2D eigenvalue weighted by Gasteiger charge is -2.10. The van der Waals surface area contributed by atoms with E-state index in [2.05, 4.69) is 26.0 Å². The van der Waals surface area contributed by atoms with Crippen LogP contribution in [-0.4, -0.2) is 27.5 Å². The normalized spacial score (nSPS) is 11.2. The van der Waals surface area contributed by atoms with E-state index in [1.165, 1.54) is 12.1 Å². The van der Waals surface area contributed by atoms with E-state index >= 15 is 0 Å². The monoisotopic (exact) mass is 440 g/mol. The van der Waals surface area contributed by atoms with Gasteiger partial charge in [-0.05, 0) is 61.4 Å². The van der Waals surface area contributed by atoms with Crippen molar-refractivity contribution in [3.8, 4) is 5.75 Å². The topological polar surface area (TPSA) is 84.5 Å². The van der Waals surface area contributed by atoms with E-state index in [-0.39, 0.29) is 17.4 Å². The van der Waals surface area contributed by atoms with Gasteiger partial charge in [-0.3, -0.25) is 4.79 Å². The number of rotatable bonds is 8. The van der Waals surface area contributed by atoms with E-state index in [0.717, 1.165) is 10.0 Å². The van der Waals surface area contributed by atoms with Gasteiger partial charge in [-0.1, -0.05) is 22.9 Å². The highest BCUT2D eigenvalue weighted by atomic mass is 79.9. The summed E-state index contributed by atoms with van der Waals surface area (Å²) in [6, 6.07) is 11.5. The van der Waals surface area contributed by atoms with Gasteiger partial charge in [-0.15, -0.1) is 0 Å². The molecule has 0 saturated heterocycles. The molecule has 0 saturated carbocycles. The molecule has 0 spiro atoms. The summed E-state index contributed by atoms with van der Waals surface area (Å²) in [7, 11) is -3.51. The van der Waals surface area contributed by atoms with E-state index in [1.54, 1.807) is 18.2 Å². The minimum absolute atomic E-state index is 0.138. The number of sulfonamides is 1. The first kappa shape index (κ1) is 20.4. The third-order valence-electron chi connectivity index (χ3n) is 3.49. The second-order valence-electron chi connectivity index (χ2n) is 5.67. The molecule has 0 fully saturated rings. The fraction of sp³-hybridized carbons (Fsp3) is 0.278. The summed E-state index contributed by atoms with van der Waals surface area (Å²) in [6.07, 6.45) is 0.714. The summed E-state index contributed by atoms with van der Waals surface area (Å²) in [4.78, 5) is 12.2. The number of anilines is 1. The number of amides is 1. The summed E-state index contributed by atoms with van der Waals surface area (Å²) in [5, 5.41) is 2.68. The number of halogens is 1. The predicted molar refractivity (Wildman–Crippen MR) is 105 cm³/mol. The van der Waals surface area contributed by atoms with E-state index in [9.17, 15) is 13.2 Å². The Hall–Kier alpha value is -1.90. The standard InChI is InChI=1S/C18H21BrN2O4S/c1-3-10-20-26(23,24)16-7-5-15(6-8-16)21-18(22)12-25-17-9-4-14(19)11-13(17)2/h4-9,11,20H,3,10,12H2,1-2H3,(H,21,22). The van der Waals surface area contributed by atoms with Crippen LogP contribution in [0.5, 0.6) is 5.75 Å². The lowest BCUT2D eigenvalue weighted by Crippen LogP contribution is -2.24. The molecule has 26 heavy (non-hydrogen) atoms. The number of hydrogen-bond acceptors (Lipinski definition) is 4. The average Bonchev–Trinajstić information content (AvgIpc) is 2.60. The first-order valence-electron chi connectivity index (χ1n) is 8.10. The zero-order chi connectivity index (χ0) is 19.2. The minimum atomic E-state index is -3.51. The quantitative estimate of drug-likeness (QED) is 0.657. The molecule has 0 aromatic heterocycles. The van der Waals surface area contributed by atoms with E-state index in [1.807, 2.05) is 26.0 Å². The molecule has 6 nitrogen and oxygen atoms in total. The second-order valence-corrected chi connectivity index (χ2v) is 8.35. The molecular formula is C18H21BrN2O4S. The maximum absolute atomic E-state index is 12.0. The van der Waals surface area contributed by atoms with Crippen molar-refractivity contribution < 1.29 is 17.9 Å². The molecule has 0 atom stereocenters. The van der Waals surface area contributed by atoms with Gasteiger partial charge in [0.05, 0.1) is 4.90 Å². The van der Waals surface area contributed by atoms with Gasteiger partial charge in [-0.25, -0.2) is 13.1 Å². The van der Waals surface area contributed by atoms with Crippen molar-refractivity contribution in [2.45, 2.75) is 25.2 Å². The Labute approximate surface area is 162 Å². The molecule has 2 aromatic carbocycles. The van der Waals surface area contributed by atoms with Crippen LogP contribution in [0.4, 0.5) is 5.69 Å². The lowest BCUT2D eigenvalue weighted by atomic mass is 10.2. The van der Waals surface area contributed by atoms with Gasteiger partial charge < -0.3 is 10.1 Å². The Kier molecular flexibility index (Phi) is 7.19. The first-order chi connectivity index (χ1) is 12.3. The minimum Gasteiger partial charge on any atom is -0.483 e. The summed E-state index contributed by atoms with van der Waals surface area (Å²) >= 11 is 3.37. The molecule has 0 aliphatic rings. The number of carbonyl (C=O) groups is 1. The number of nitrogens with one attached hydrogen (secondary N) is 2. The molecule has 8 heteroatoms. The van der Waals surface area contributed by atoms with Gasteiger partial charge in [0.1, 0.15) is 5.75 Å². The van der Waals surface area contributed by atoms with Crippen LogP contribution in [0.3, 0.4) is 0 Å². The van der Waals surface area contributed by atoms with E-state index in [0.29, 0.717) is 24.4 Å². The smallest absolute Gasteiger partial charge is 0.262 e. The van der Waals surface area contributed by atoms with Gasteiger partial charge in [-0.2, -0.15) is 0 Å². The Bertz CT molecular complexity index is 867. The first-order valence-corrected chi connectivity index (χ1v) is 10.4. The molecular weight excluding hydrogens is 420 g/mol. The highest BCUT2D eigenvalue weighted by Gasteiger charge is 2.13. The van der Waals surface area contributed by atoms with E-state index in [4.69, 9.17) is 4.74 Å². The molecule has 2 rings (SSSR count). The fourth-order valence-electron chi connectivity index (χ4n) is 2.15. The molecule has 0 bridgehead atoms. The van der Waals surface area contributed by atoms with Crippen LogP contribution in [0.2, 0.25) is 0 Å². The predicted octanol–water partition coefficient (Wildman–Crippen LogP) is 3.46. The molecule has 0 unspecified atom stereocenters. The molecule has 0 aliphatic heterocycles. The number of aryl methyl sites for hydroxylation is 1. The molecule has 0 aliphatic carbocycles. The van der Waals surface area contributed by atoms with Crippen molar-refractivity contribution in [1.82, 2.24) is 4.72 Å². The highest BCUT2D eigenvalue weighted by Crippen LogP contribution is 2.22. The van der Waals surface area contributed by atoms with Crippen LogP contribution in [0.15, 0.2) is 51.8 Å². The number of carbonyl (C=O) groups excluding carboxylic acids is 1. The Morgan fingerprint density at radius 2 is 1.85 bits per heavy atom. The Balaban J connectivity index is 1.93. The third-order valence-corrected chi connectivity index (χ3v) is 5.46. The molecule has 140 valence electrons. The third kappa shape index (κ3) is 5.82. The molecule has 0 radical (unpaired) electrons. The van der Waals surface area contributed by atoms with Crippen molar-refractivity contribution >= 4 is 37.5 Å². The molecule has 1 amide bonds. The van der Waals surface area contributed by atoms with Crippen molar-refractivity contribution in [2.75, 3.05) is 18.5 Å². The fourth-order valence-corrected chi connectivity index (χ4v) is 3.76. The van der Waals surface area contributed by atoms with Crippen molar-refractivity contribution in [3.63, 3.8) is 0 Å². The van der Waals surface area contributed by atoms with E-state index < -0.39 is 10.0 Å². The van der Waals surface area contributed by atoms with Gasteiger partial charge in [0, 0.05) is 16.7 Å². The molecule has 0 heterocycles. The van der Waals surface area contributed by atoms with Crippen LogP contribution < -0.4 is 14.8 Å². The van der Waals surface area contributed by atoms with Crippen molar-refractivity contribution in [1.29, 1.82) is 0 Å². The lowest BCUT2D eigenvalue weighted by molar-refractivity contribution is -0.118. The summed E-state index contributed by atoms with van der Waals surface area (Å²) in [5.41, 5.74) is 1.42. The highest BCUT2D eigenvalue weighted by molar-refractivity contribution is 9.10. The van der Waals surface area contributed by atoms with Crippen LogP contribution in [0.25, 0.3) is 0 Å². The van der Waals surface area contributed by atoms with Gasteiger partial charge >= 0.3 is 0 Å². The largest absolute Gasteiger partial charge is 0.483 e. The van der Waals surface area contributed by atoms with Crippen LogP contribution in [0, 0.1) is 6.92 Å². The maximum atomic E-state index is 12.0. The van der Waals surface area contributed by atoms with Crippen LogP contribution in [0.1, 0.15) is 18.9 Å². The summed E-state index contributed by atoms with van der Waals surface area (Å²) in [6.45, 7) is 4.02.